The van der Waals surface area contributed by atoms with Crippen LogP contribution in [0.5, 0.6) is 0 Å². The number of hydrogen-bond donors (Lipinski definition) is 2. The van der Waals surface area contributed by atoms with Crippen LogP contribution in [0.2, 0.25) is 0 Å². The first-order valence-electron chi connectivity index (χ1n) is 7.49. The molecule has 2 atom stereocenters. The van der Waals surface area contributed by atoms with Crippen molar-refractivity contribution in [1.29, 1.82) is 0 Å². The van der Waals surface area contributed by atoms with E-state index >= 15 is 0 Å². The van der Waals surface area contributed by atoms with Crippen LogP contribution in [0.4, 0.5) is 0 Å². The van der Waals surface area contributed by atoms with Crippen molar-refractivity contribution >= 4 is 5.91 Å². The summed E-state index contributed by atoms with van der Waals surface area (Å²) in [5.74, 6) is 0.0677. The van der Waals surface area contributed by atoms with Crippen LogP contribution < -0.4 is 11.1 Å². The number of nitrogens with zero attached hydrogens (tertiary/aromatic N) is 1. The van der Waals surface area contributed by atoms with Gasteiger partial charge in [0.25, 0.3) is 0 Å². The van der Waals surface area contributed by atoms with Crippen molar-refractivity contribution < 1.29 is 4.79 Å². The number of nitrogens with one attached hydrogen (secondary N) is 1. The molecular weight excluding hydrogens is 250 g/mol. The normalized spacial score (nSPS) is 20.4. The van der Waals surface area contributed by atoms with E-state index in [9.17, 15) is 4.79 Å². The fraction of sp³-hybridized carbons (Fsp3) is 0.688. The lowest BCUT2D eigenvalue weighted by molar-refractivity contribution is -0.125. The number of rotatable bonds is 2. The summed E-state index contributed by atoms with van der Waals surface area (Å²) >= 11 is 0. The van der Waals surface area contributed by atoms with Gasteiger partial charge in [0.2, 0.25) is 5.91 Å². The largest absolute Gasteiger partial charge is 0.350 e. The number of carbonyl (C=O) groups is 1. The molecule has 2 rings (SSSR count). The maximum Gasteiger partial charge on any atom is 0.243 e. The minimum Gasteiger partial charge on any atom is -0.350 e. The second-order valence-corrected chi connectivity index (χ2v) is 6.97. The number of carbonyl (C=O) groups excluding carboxylic acids is 1. The van der Waals surface area contributed by atoms with Crippen LogP contribution in [-0.4, -0.2) is 16.0 Å². The summed E-state index contributed by atoms with van der Waals surface area (Å²) in [4.78, 5) is 12.4. The first-order chi connectivity index (χ1) is 9.20. The molecule has 0 aromatic carbocycles. The topological polar surface area (TPSA) is 60.0 Å². The third-order valence-electron chi connectivity index (χ3n) is 3.96. The van der Waals surface area contributed by atoms with Gasteiger partial charge in [0.05, 0.1) is 0 Å². The molecule has 20 heavy (non-hydrogen) atoms. The van der Waals surface area contributed by atoms with E-state index in [1.165, 1.54) is 11.3 Å². The van der Waals surface area contributed by atoms with Crippen molar-refractivity contribution in [3.63, 3.8) is 0 Å². The summed E-state index contributed by atoms with van der Waals surface area (Å²) < 4.78 is 2.16. The van der Waals surface area contributed by atoms with Crippen LogP contribution in [0, 0.1) is 6.92 Å². The molecule has 0 bridgehead atoms. The second kappa shape index (κ2) is 5.24. The molecule has 4 nitrogen and oxygen atoms in total. The van der Waals surface area contributed by atoms with Gasteiger partial charge in [-0.05, 0) is 65.5 Å². The van der Waals surface area contributed by atoms with Gasteiger partial charge in [-0.1, -0.05) is 0 Å². The number of aromatic nitrogens is 1. The second-order valence-electron chi connectivity index (χ2n) is 6.97. The molecule has 0 saturated heterocycles. The molecular formula is C16H27N3O. The zero-order valence-corrected chi connectivity index (χ0v) is 13.3. The summed E-state index contributed by atoms with van der Waals surface area (Å²) in [6.45, 7) is 10.0. The highest BCUT2D eigenvalue weighted by Crippen LogP contribution is 2.32. The highest BCUT2D eigenvalue weighted by Gasteiger charge is 2.28. The van der Waals surface area contributed by atoms with E-state index in [-0.39, 0.29) is 23.5 Å². The molecule has 1 aromatic heterocycles. The summed E-state index contributed by atoms with van der Waals surface area (Å²) in [5.41, 5.74) is 9.59. The number of hydrogen-bond acceptors (Lipinski definition) is 2. The Morgan fingerprint density at radius 3 is 2.75 bits per heavy atom. The SMILES string of the molecule is Cc1cc2c(n1C(C)C(=O)NC(C)(C)C)CCCC2N. The van der Waals surface area contributed by atoms with Gasteiger partial charge in [-0.3, -0.25) is 4.79 Å². The van der Waals surface area contributed by atoms with E-state index in [2.05, 4.69) is 22.9 Å². The van der Waals surface area contributed by atoms with Crippen LogP contribution in [0.15, 0.2) is 6.07 Å². The summed E-state index contributed by atoms with van der Waals surface area (Å²) in [6, 6.07) is 2.08. The van der Waals surface area contributed by atoms with E-state index < -0.39 is 0 Å². The maximum atomic E-state index is 12.4. The lowest BCUT2D eigenvalue weighted by Gasteiger charge is -2.27. The zero-order chi connectivity index (χ0) is 15.1. The van der Waals surface area contributed by atoms with Crippen molar-refractivity contribution in [1.82, 2.24) is 9.88 Å². The van der Waals surface area contributed by atoms with Crippen LogP contribution >= 0.6 is 0 Å². The molecule has 0 spiro atoms. The van der Waals surface area contributed by atoms with E-state index in [4.69, 9.17) is 5.73 Å². The quantitative estimate of drug-likeness (QED) is 0.873. The van der Waals surface area contributed by atoms with E-state index in [1.807, 2.05) is 27.7 Å². The van der Waals surface area contributed by atoms with Crippen molar-refractivity contribution in [2.75, 3.05) is 0 Å². The third kappa shape index (κ3) is 2.90. The van der Waals surface area contributed by atoms with Gasteiger partial charge < -0.3 is 15.6 Å². The molecule has 4 heteroatoms. The average Bonchev–Trinajstić information content (AvgIpc) is 2.64. The van der Waals surface area contributed by atoms with Gasteiger partial charge in [-0.25, -0.2) is 0 Å². The Hall–Kier alpha value is -1.29. The fourth-order valence-electron chi connectivity index (χ4n) is 3.09. The first kappa shape index (κ1) is 15.1. The summed E-state index contributed by atoms with van der Waals surface area (Å²) in [5, 5.41) is 3.06. The highest BCUT2D eigenvalue weighted by molar-refractivity contribution is 5.81. The molecule has 3 N–H and O–H groups in total. The average molecular weight is 277 g/mol. The number of fused-ring (bicyclic) bond motifs is 1. The molecule has 1 amide bonds. The predicted molar refractivity (Wildman–Crippen MR) is 81.6 cm³/mol. The van der Waals surface area contributed by atoms with Gasteiger partial charge in [0.1, 0.15) is 6.04 Å². The molecule has 112 valence electrons. The highest BCUT2D eigenvalue weighted by atomic mass is 16.2. The zero-order valence-electron chi connectivity index (χ0n) is 13.3. The van der Waals surface area contributed by atoms with Crippen LogP contribution in [-0.2, 0) is 11.2 Å². The minimum absolute atomic E-state index is 0.0677. The Bertz CT molecular complexity index is 511. The molecule has 0 fully saturated rings. The summed E-state index contributed by atoms with van der Waals surface area (Å²) in [6.07, 6.45) is 3.16. The Balaban J connectivity index is 2.31. The molecule has 1 aromatic rings. The number of aryl methyl sites for hydroxylation is 1. The first-order valence-corrected chi connectivity index (χ1v) is 7.49. The van der Waals surface area contributed by atoms with Gasteiger partial charge >= 0.3 is 0 Å². The van der Waals surface area contributed by atoms with Crippen molar-refractivity contribution in [3.8, 4) is 0 Å². The Morgan fingerprint density at radius 1 is 1.50 bits per heavy atom. The Kier molecular flexibility index (Phi) is 3.96. The molecule has 1 heterocycles. The van der Waals surface area contributed by atoms with Gasteiger partial charge in [-0.2, -0.15) is 0 Å². The van der Waals surface area contributed by atoms with Crippen LogP contribution in [0.3, 0.4) is 0 Å². The smallest absolute Gasteiger partial charge is 0.243 e. The molecule has 0 aliphatic heterocycles. The summed E-state index contributed by atoms with van der Waals surface area (Å²) in [7, 11) is 0. The monoisotopic (exact) mass is 277 g/mol. The van der Waals surface area contributed by atoms with Crippen molar-refractivity contribution in [2.45, 2.75) is 71.5 Å². The van der Waals surface area contributed by atoms with E-state index in [0.717, 1.165) is 25.0 Å². The molecule has 0 saturated carbocycles. The van der Waals surface area contributed by atoms with Gasteiger partial charge in [0, 0.05) is 23.0 Å². The third-order valence-corrected chi connectivity index (χ3v) is 3.96. The maximum absolute atomic E-state index is 12.4. The Morgan fingerprint density at radius 2 is 2.15 bits per heavy atom. The lowest BCUT2D eigenvalue weighted by atomic mass is 9.93. The lowest BCUT2D eigenvalue weighted by Crippen LogP contribution is -2.44. The van der Waals surface area contributed by atoms with E-state index in [0.29, 0.717) is 0 Å². The van der Waals surface area contributed by atoms with Crippen molar-refractivity contribution in [3.05, 3.63) is 23.0 Å². The van der Waals surface area contributed by atoms with Crippen LogP contribution in [0.25, 0.3) is 0 Å². The molecule has 2 unspecified atom stereocenters. The van der Waals surface area contributed by atoms with Crippen molar-refractivity contribution in [2.24, 2.45) is 5.73 Å². The van der Waals surface area contributed by atoms with Crippen LogP contribution in [0.1, 0.15) is 69.6 Å². The fourth-order valence-corrected chi connectivity index (χ4v) is 3.09. The standard InChI is InChI=1S/C16H27N3O/c1-10-9-12-13(17)7-6-8-14(12)19(10)11(2)15(20)18-16(3,4)5/h9,11,13H,6-8,17H2,1-5H3,(H,18,20). The Labute approximate surface area is 121 Å². The molecule has 1 aliphatic rings. The van der Waals surface area contributed by atoms with Gasteiger partial charge in [0.15, 0.2) is 0 Å². The molecule has 0 radical (unpaired) electrons. The van der Waals surface area contributed by atoms with Gasteiger partial charge in [-0.15, -0.1) is 0 Å². The molecule has 1 aliphatic carbocycles. The predicted octanol–water partition coefficient (Wildman–Crippen LogP) is 2.61. The minimum atomic E-state index is -0.205. The number of nitrogens with two attached hydrogens (primary N) is 1. The van der Waals surface area contributed by atoms with E-state index in [1.54, 1.807) is 0 Å². The number of amides is 1.